The van der Waals surface area contributed by atoms with E-state index < -0.39 is 6.10 Å². The fourth-order valence-corrected chi connectivity index (χ4v) is 3.79. The third kappa shape index (κ3) is 5.10. The summed E-state index contributed by atoms with van der Waals surface area (Å²) in [7, 11) is 3.78. The van der Waals surface area contributed by atoms with E-state index in [0.29, 0.717) is 0 Å². The Morgan fingerprint density at radius 3 is 2.40 bits per heavy atom. The van der Waals surface area contributed by atoms with Crippen LogP contribution < -0.4 is 4.74 Å². The average molecular weight is 359 g/mol. The molecule has 0 saturated heterocycles. The Labute approximate surface area is 155 Å². The second-order valence-electron chi connectivity index (χ2n) is 6.63. The average Bonchev–Trinajstić information content (AvgIpc) is 2.54. The highest BCUT2D eigenvalue weighted by molar-refractivity contribution is 7.99. The Hall–Kier alpha value is -1.78. The van der Waals surface area contributed by atoms with E-state index >= 15 is 0 Å². The van der Waals surface area contributed by atoms with Crippen LogP contribution in [0, 0.1) is 27.7 Å². The van der Waals surface area contributed by atoms with Gasteiger partial charge in [0.2, 0.25) is 0 Å². The molecule has 0 heterocycles. The van der Waals surface area contributed by atoms with E-state index in [1.54, 1.807) is 18.0 Å². The number of hydrogen-bond donors (Lipinski definition) is 1. The van der Waals surface area contributed by atoms with Gasteiger partial charge in [-0.1, -0.05) is 30.0 Å². The highest BCUT2D eigenvalue weighted by Crippen LogP contribution is 2.38. The van der Waals surface area contributed by atoms with Crippen molar-refractivity contribution in [2.24, 2.45) is 0 Å². The van der Waals surface area contributed by atoms with Crippen molar-refractivity contribution in [1.29, 1.82) is 0 Å². The monoisotopic (exact) mass is 358 g/mol. The van der Waals surface area contributed by atoms with Gasteiger partial charge >= 0.3 is 0 Å². The lowest BCUT2D eigenvalue weighted by Crippen LogP contribution is -2.23. The smallest absolute Gasteiger partial charge is 0.171 e. The molecule has 2 aromatic rings. The fraction of sp³-hybridized carbons (Fsp3) is 0.381. The normalized spacial score (nSPS) is 12.0. The highest BCUT2D eigenvalue weighted by Gasteiger charge is 2.15. The molecule has 0 aromatic heterocycles. The Kier molecular flexibility index (Phi) is 6.68. The lowest BCUT2D eigenvalue weighted by atomic mass is 10.1. The molecule has 0 radical (unpaired) electrons. The zero-order valence-electron chi connectivity index (χ0n) is 16.0. The third-order valence-corrected chi connectivity index (χ3v) is 5.67. The van der Waals surface area contributed by atoms with Crippen molar-refractivity contribution >= 4 is 18.0 Å². The van der Waals surface area contributed by atoms with E-state index in [4.69, 9.17) is 4.74 Å². The molecule has 0 aliphatic rings. The topological polar surface area (TPSA) is 32.5 Å². The summed E-state index contributed by atoms with van der Waals surface area (Å²) < 4.78 is 7.71. The van der Waals surface area contributed by atoms with Gasteiger partial charge in [-0.3, -0.25) is 0 Å². The van der Waals surface area contributed by atoms with Gasteiger partial charge in [-0.2, -0.15) is 0 Å². The fourth-order valence-electron chi connectivity index (χ4n) is 2.67. The van der Waals surface area contributed by atoms with Crippen molar-refractivity contribution in [3.05, 3.63) is 52.6 Å². The molecule has 3 nitrogen and oxygen atoms in total. The number of hydrogen-bond acceptors (Lipinski definition) is 3. The molecule has 1 N–H and O–H groups in total. The lowest BCUT2D eigenvalue weighted by Gasteiger charge is -2.18. The second kappa shape index (κ2) is 8.54. The molecule has 1 unspecified atom stereocenters. The van der Waals surface area contributed by atoms with Gasteiger partial charge in [0.15, 0.2) is 12.3 Å². The van der Waals surface area contributed by atoms with Crippen molar-refractivity contribution in [2.75, 3.05) is 20.7 Å². The van der Waals surface area contributed by atoms with E-state index in [-0.39, 0.29) is 6.61 Å². The number of aliphatic hydroxyl groups is 1. The molecule has 0 spiro atoms. The van der Waals surface area contributed by atoms with Gasteiger partial charge in [-0.05, 0) is 62.1 Å². The van der Waals surface area contributed by atoms with Crippen LogP contribution in [-0.4, -0.2) is 42.7 Å². The van der Waals surface area contributed by atoms with Gasteiger partial charge in [0.1, 0.15) is 26.5 Å². The van der Waals surface area contributed by atoms with Crippen molar-refractivity contribution in [2.45, 2.75) is 43.6 Å². The minimum Gasteiger partial charge on any atom is -0.490 e. The van der Waals surface area contributed by atoms with Crippen molar-refractivity contribution in [1.82, 2.24) is 0 Å². The summed E-state index contributed by atoms with van der Waals surface area (Å²) in [5, 5.41) is 9.96. The largest absolute Gasteiger partial charge is 0.490 e. The summed E-state index contributed by atoms with van der Waals surface area (Å²) in [5.41, 5.74) is 4.83. The maximum atomic E-state index is 9.96. The first-order valence-electron chi connectivity index (χ1n) is 8.46. The maximum Gasteiger partial charge on any atom is 0.171 e. The van der Waals surface area contributed by atoms with Crippen LogP contribution >= 0.6 is 11.8 Å². The maximum absolute atomic E-state index is 9.96. The molecule has 2 aromatic carbocycles. The molecule has 134 valence electrons. The Bertz CT molecular complexity index is 780. The highest BCUT2D eigenvalue weighted by atomic mass is 32.2. The number of aryl methyl sites for hydroxylation is 2. The summed E-state index contributed by atoms with van der Waals surface area (Å²) in [6.07, 6.45) is 1.12. The lowest BCUT2D eigenvalue weighted by molar-refractivity contribution is -0.462. The van der Waals surface area contributed by atoms with Gasteiger partial charge in [0, 0.05) is 9.79 Å². The first-order valence-corrected chi connectivity index (χ1v) is 9.27. The standard InChI is InChI=1S/C21H28NO2S/c1-14-9-7-8-10-20(14)25-21-15(2)11-19(16(3)17(21)4)24-13-18(23)12-22(5)6/h7-12,18,23H,13H2,1-6H3/q+1. The number of benzene rings is 2. The van der Waals surface area contributed by atoms with Gasteiger partial charge in [-0.25, -0.2) is 4.58 Å². The zero-order chi connectivity index (χ0) is 18.6. The van der Waals surface area contributed by atoms with Gasteiger partial charge < -0.3 is 9.84 Å². The Morgan fingerprint density at radius 2 is 1.76 bits per heavy atom. The molecule has 25 heavy (non-hydrogen) atoms. The number of ether oxygens (including phenoxy) is 1. The Balaban J connectivity index is 2.24. The van der Waals surface area contributed by atoms with E-state index in [9.17, 15) is 5.11 Å². The van der Waals surface area contributed by atoms with Crippen LogP contribution in [0.1, 0.15) is 22.3 Å². The summed E-state index contributed by atoms with van der Waals surface area (Å²) in [4.78, 5) is 2.55. The molecular formula is C21H28NO2S+. The van der Waals surface area contributed by atoms with Crippen LogP contribution in [0.4, 0.5) is 0 Å². The Morgan fingerprint density at radius 1 is 1.08 bits per heavy atom. The molecule has 0 aliphatic carbocycles. The predicted octanol–water partition coefficient (Wildman–Crippen LogP) is 4.15. The summed E-state index contributed by atoms with van der Waals surface area (Å²) in [5.74, 6) is 0.843. The van der Waals surface area contributed by atoms with Gasteiger partial charge in [0.25, 0.3) is 0 Å². The minimum atomic E-state index is -0.615. The third-order valence-electron chi connectivity index (χ3n) is 4.16. The van der Waals surface area contributed by atoms with E-state index in [1.807, 2.05) is 18.7 Å². The molecule has 2 rings (SSSR count). The molecule has 0 aliphatic heterocycles. The van der Waals surface area contributed by atoms with Crippen molar-refractivity contribution in [3.63, 3.8) is 0 Å². The van der Waals surface area contributed by atoms with E-state index in [0.717, 1.165) is 11.3 Å². The number of aliphatic hydroxyl groups excluding tert-OH is 1. The van der Waals surface area contributed by atoms with E-state index in [1.165, 1.54) is 26.5 Å². The molecule has 1 atom stereocenters. The van der Waals surface area contributed by atoms with Crippen LogP contribution in [0.25, 0.3) is 0 Å². The summed E-state index contributed by atoms with van der Waals surface area (Å²) in [6, 6.07) is 10.5. The predicted molar refractivity (Wildman–Crippen MR) is 106 cm³/mol. The van der Waals surface area contributed by atoms with Crippen LogP contribution in [-0.2, 0) is 0 Å². The van der Waals surface area contributed by atoms with Crippen LogP contribution in [0.2, 0.25) is 0 Å². The molecule has 0 fully saturated rings. The SMILES string of the molecule is Cc1ccccc1Sc1c(C)cc(OCC(O)C=[N+](C)C)c(C)c1C. The van der Waals surface area contributed by atoms with E-state index in [2.05, 4.69) is 58.0 Å². The molecule has 0 bridgehead atoms. The van der Waals surface area contributed by atoms with Crippen LogP contribution in [0.5, 0.6) is 5.75 Å². The quantitative estimate of drug-likeness (QED) is 0.622. The van der Waals surface area contributed by atoms with Gasteiger partial charge in [-0.15, -0.1) is 0 Å². The molecule has 0 saturated carbocycles. The van der Waals surface area contributed by atoms with Crippen LogP contribution in [0.3, 0.4) is 0 Å². The zero-order valence-corrected chi connectivity index (χ0v) is 16.8. The van der Waals surface area contributed by atoms with Crippen molar-refractivity contribution < 1.29 is 14.4 Å². The first-order chi connectivity index (χ1) is 11.8. The summed E-state index contributed by atoms with van der Waals surface area (Å²) in [6.45, 7) is 8.72. The molecule has 4 heteroatoms. The number of rotatable bonds is 6. The first kappa shape index (κ1) is 19.5. The molecule has 0 amide bonds. The van der Waals surface area contributed by atoms with Gasteiger partial charge in [0.05, 0.1) is 0 Å². The van der Waals surface area contributed by atoms with Crippen molar-refractivity contribution in [3.8, 4) is 5.75 Å². The molecular weight excluding hydrogens is 330 g/mol. The number of nitrogens with zero attached hydrogens (tertiary/aromatic N) is 1. The van der Waals surface area contributed by atoms with Crippen LogP contribution in [0.15, 0.2) is 40.1 Å². The second-order valence-corrected chi connectivity index (χ2v) is 7.68. The summed E-state index contributed by atoms with van der Waals surface area (Å²) >= 11 is 1.81. The minimum absolute atomic E-state index is 0.252.